The summed E-state index contributed by atoms with van der Waals surface area (Å²) in [4.78, 5) is 23.2. The Kier molecular flexibility index (Phi) is 3.08. The van der Waals surface area contributed by atoms with Crippen molar-refractivity contribution in [3.63, 3.8) is 0 Å². The lowest BCUT2D eigenvalue weighted by Crippen LogP contribution is -2.20. The number of carbonyl (C=O) groups excluding carboxylic acids is 1. The Hall–Kier alpha value is -1.91. The predicted octanol–water partition coefficient (Wildman–Crippen LogP) is 2.25. The molecule has 0 saturated carbocycles. The van der Waals surface area contributed by atoms with Gasteiger partial charge in [0.2, 0.25) is 0 Å². The second-order valence-corrected chi connectivity index (χ2v) is 4.46. The first-order valence-corrected chi connectivity index (χ1v) is 5.60. The van der Waals surface area contributed by atoms with E-state index >= 15 is 0 Å². The minimum atomic E-state index is -0.425. The second-order valence-electron chi connectivity index (χ2n) is 4.46. The van der Waals surface area contributed by atoms with Crippen LogP contribution in [0.5, 0.6) is 0 Å². The standard InChI is InChI=1S/C12H14N2O3/c1-9-4-5-13(7-9)11-3-2-10(8-15)6-12(11)14(16)17/h2-3,6,8-9H,4-5,7H2,1H3. The number of hydrogen-bond donors (Lipinski definition) is 0. The van der Waals surface area contributed by atoms with Gasteiger partial charge in [0.1, 0.15) is 12.0 Å². The highest BCUT2D eigenvalue weighted by molar-refractivity contribution is 5.79. The van der Waals surface area contributed by atoms with Crippen molar-refractivity contribution < 1.29 is 9.72 Å². The number of rotatable bonds is 3. The maximum atomic E-state index is 11.0. The van der Waals surface area contributed by atoms with Gasteiger partial charge < -0.3 is 4.90 Å². The van der Waals surface area contributed by atoms with Gasteiger partial charge in [-0.3, -0.25) is 14.9 Å². The van der Waals surface area contributed by atoms with Crippen molar-refractivity contribution in [1.29, 1.82) is 0 Å². The van der Waals surface area contributed by atoms with Gasteiger partial charge in [-0.15, -0.1) is 0 Å². The van der Waals surface area contributed by atoms with Crippen molar-refractivity contribution in [3.8, 4) is 0 Å². The molecule has 0 radical (unpaired) electrons. The van der Waals surface area contributed by atoms with Gasteiger partial charge in [0, 0.05) is 24.7 Å². The molecule has 1 saturated heterocycles. The Bertz CT molecular complexity index is 459. The molecule has 5 heteroatoms. The van der Waals surface area contributed by atoms with Crippen LogP contribution >= 0.6 is 0 Å². The molecule has 5 nitrogen and oxygen atoms in total. The number of nitro benzene ring substituents is 1. The van der Waals surface area contributed by atoms with Crippen LogP contribution in [0.3, 0.4) is 0 Å². The van der Waals surface area contributed by atoms with Crippen LogP contribution in [0, 0.1) is 16.0 Å². The van der Waals surface area contributed by atoms with Gasteiger partial charge in [-0.2, -0.15) is 0 Å². The monoisotopic (exact) mass is 234 g/mol. The van der Waals surface area contributed by atoms with Crippen LogP contribution in [0.4, 0.5) is 11.4 Å². The Morgan fingerprint density at radius 1 is 1.53 bits per heavy atom. The van der Waals surface area contributed by atoms with Gasteiger partial charge in [0.15, 0.2) is 0 Å². The van der Waals surface area contributed by atoms with E-state index in [1.165, 1.54) is 6.07 Å². The highest BCUT2D eigenvalue weighted by atomic mass is 16.6. The van der Waals surface area contributed by atoms with E-state index in [4.69, 9.17) is 0 Å². The van der Waals surface area contributed by atoms with Crippen LogP contribution in [0.1, 0.15) is 23.7 Å². The fourth-order valence-electron chi connectivity index (χ4n) is 2.18. The van der Waals surface area contributed by atoms with E-state index in [-0.39, 0.29) is 5.69 Å². The number of nitro groups is 1. The van der Waals surface area contributed by atoms with Crippen LogP contribution in [0.2, 0.25) is 0 Å². The third kappa shape index (κ3) is 2.27. The van der Waals surface area contributed by atoms with Crippen molar-refractivity contribution in [2.24, 2.45) is 5.92 Å². The van der Waals surface area contributed by atoms with Gasteiger partial charge in [-0.05, 0) is 24.5 Å². The molecule has 1 aromatic carbocycles. The molecule has 17 heavy (non-hydrogen) atoms. The molecule has 0 N–H and O–H groups in total. The van der Waals surface area contributed by atoms with E-state index in [2.05, 4.69) is 6.92 Å². The van der Waals surface area contributed by atoms with Gasteiger partial charge in [0.05, 0.1) is 4.92 Å². The third-order valence-electron chi connectivity index (χ3n) is 3.10. The zero-order chi connectivity index (χ0) is 12.4. The molecule has 1 unspecified atom stereocenters. The average molecular weight is 234 g/mol. The number of carbonyl (C=O) groups is 1. The number of hydrogen-bond acceptors (Lipinski definition) is 4. The molecule has 1 atom stereocenters. The van der Waals surface area contributed by atoms with E-state index in [0.29, 0.717) is 23.5 Å². The lowest BCUT2D eigenvalue weighted by molar-refractivity contribution is -0.384. The molecule has 0 amide bonds. The first-order chi connectivity index (χ1) is 8.11. The Morgan fingerprint density at radius 3 is 2.82 bits per heavy atom. The van der Waals surface area contributed by atoms with Crippen LogP contribution in [0.15, 0.2) is 18.2 Å². The highest BCUT2D eigenvalue weighted by Gasteiger charge is 2.25. The summed E-state index contributed by atoms with van der Waals surface area (Å²) >= 11 is 0. The first kappa shape index (κ1) is 11.6. The predicted molar refractivity (Wildman–Crippen MR) is 64.5 cm³/mol. The lowest BCUT2D eigenvalue weighted by Gasteiger charge is -2.18. The molecule has 1 aliphatic heterocycles. The Labute approximate surface area is 99.2 Å². The summed E-state index contributed by atoms with van der Waals surface area (Å²) in [5.41, 5.74) is 0.973. The van der Waals surface area contributed by atoms with E-state index < -0.39 is 4.92 Å². The largest absolute Gasteiger partial charge is 0.366 e. The minimum Gasteiger partial charge on any atom is -0.366 e. The molecule has 0 aliphatic carbocycles. The Morgan fingerprint density at radius 2 is 2.29 bits per heavy atom. The van der Waals surface area contributed by atoms with Gasteiger partial charge in [-0.1, -0.05) is 6.92 Å². The summed E-state index contributed by atoms with van der Waals surface area (Å²) in [6, 6.07) is 4.63. The van der Waals surface area contributed by atoms with Crippen LogP contribution < -0.4 is 4.90 Å². The molecule has 2 rings (SSSR count). The average Bonchev–Trinajstić information content (AvgIpc) is 2.75. The molecular formula is C12H14N2O3. The van der Waals surface area contributed by atoms with E-state index in [9.17, 15) is 14.9 Å². The summed E-state index contributed by atoms with van der Waals surface area (Å²) in [5.74, 6) is 0.556. The molecule has 1 aliphatic rings. The van der Waals surface area contributed by atoms with Crippen LogP contribution in [-0.2, 0) is 0 Å². The molecule has 90 valence electrons. The fourth-order valence-corrected chi connectivity index (χ4v) is 2.18. The first-order valence-electron chi connectivity index (χ1n) is 5.60. The summed E-state index contributed by atoms with van der Waals surface area (Å²) in [7, 11) is 0. The highest BCUT2D eigenvalue weighted by Crippen LogP contribution is 2.32. The maximum absolute atomic E-state index is 11.0. The summed E-state index contributed by atoms with van der Waals surface area (Å²) in [5, 5.41) is 11.0. The summed E-state index contributed by atoms with van der Waals surface area (Å²) < 4.78 is 0. The molecule has 1 aromatic rings. The number of anilines is 1. The van der Waals surface area contributed by atoms with E-state index in [1.807, 2.05) is 4.90 Å². The summed E-state index contributed by atoms with van der Waals surface area (Å²) in [6.45, 7) is 3.80. The zero-order valence-corrected chi connectivity index (χ0v) is 9.63. The molecule has 1 heterocycles. The number of nitrogens with zero attached hydrogens (tertiary/aromatic N) is 2. The fraction of sp³-hybridized carbons (Fsp3) is 0.417. The maximum Gasteiger partial charge on any atom is 0.293 e. The van der Waals surface area contributed by atoms with Crippen molar-refractivity contribution in [1.82, 2.24) is 0 Å². The van der Waals surface area contributed by atoms with E-state index in [0.717, 1.165) is 19.5 Å². The lowest BCUT2D eigenvalue weighted by atomic mass is 10.1. The SMILES string of the molecule is CC1CCN(c2ccc(C=O)cc2[N+](=O)[O-])C1. The molecule has 0 spiro atoms. The molecule has 0 aromatic heterocycles. The third-order valence-corrected chi connectivity index (χ3v) is 3.10. The molecule has 0 bridgehead atoms. The van der Waals surface area contributed by atoms with E-state index in [1.54, 1.807) is 12.1 Å². The van der Waals surface area contributed by atoms with Gasteiger partial charge >= 0.3 is 0 Å². The topological polar surface area (TPSA) is 63.5 Å². The number of aldehydes is 1. The molecular weight excluding hydrogens is 220 g/mol. The normalized spacial score (nSPS) is 19.4. The quantitative estimate of drug-likeness (QED) is 0.457. The smallest absolute Gasteiger partial charge is 0.293 e. The molecule has 1 fully saturated rings. The minimum absolute atomic E-state index is 0.0173. The van der Waals surface area contributed by atoms with Crippen molar-refractivity contribution in [2.45, 2.75) is 13.3 Å². The zero-order valence-electron chi connectivity index (χ0n) is 9.63. The van der Waals surface area contributed by atoms with Gasteiger partial charge in [0.25, 0.3) is 5.69 Å². The second kappa shape index (κ2) is 4.53. The number of benzene rings is 1. The van der Waals surface area contributed by atoms with Crippen molar-refractivity contribution in [2.75, 3.05) is 18.0 Å². The van der Waals surface area contributed by atoms with Crippen molar-refractivity contribution >= 4 is 17.7 Å². The summed E-state index contributed by atoms with van der Waals surface area (Å²) in [6.07, 6.45) is 1.68. The van der Waals surface area contributed by atoms with Crippen LogP contribution in [-0.4, -0.2) is 24.3 Å². The Balaban J connectivity index is 2.39. The van der Waals surface area contributed by atoms with Crippen LogP contribution in [0.25, 0.3) is 0 Å². The van der Waals surface area contributed by atoms with Gasteiger partial charge in [-0.25, -0.2) is 0 Å². The van der Waals surface area contributed by atoms with Crippen molar-refractivity contribution in [3.05, 3.63) is 33.9 Å².